The van der Waals surface area contributed by atoms with Crippen LogP contribution in [0.2, 0.25) is 0 Å². The summed E-state index contributed by atoms with van der Waals surface area (Å²) in [6, 6.07) is 3.82. The lowest BCUT2D eigenvalue weighted by molar-refractivity contribution is 0.592. The molecular formula is C10H17NO2S2. The number of rotatable bonds is 5. The average Bonchev–Trinajstić information content (AvgIpc) is 2.48. The molecule has 0 aliphatic heterocycles. The summed E-state index contributed by atoms with van der Waals surface area (Å²) in [5.41, 5.74) is 5.77. The van der Waals surface area contributed by atoms with Crippen molar-refractivity contribution in [2.45, 2.75) is 25.8 Å². The molecule has 0 aliphatic carbocycles. The van der Waals surface area contributed by atoms with Crippen molar-refractivity contribution in [3.63, 3.8) is 0 Å². The quantitative estimate of drug-likeness (QED) is 0.851. The van der Waals surface area contributed by atoms with Crippen LogP contribution in [0.25, 0.3) is 0 Å². The Morgan fingerprint density at radius 3 is 2.47 bits per heavy atom. The second-order valence-corrected chi connectivity index (χ2v) is 7.22. The van der Waals surface area contributed by atoms with Crippen molar-refractivity contribution in [2.24, 2.45) is 5.73 Å². The second kappa shape index (κ2) is 5.09. The van der Waals surface area contributed by atoms with Crippen LogP contribution in [0.15, 0.2) is 12.1 Å². The molecule has 2 N–H and O–H groups in total. The molecule has 1 aromatic heterocycles. The maximum absolute atomic E-state index is 11.0. The number of hydrogen-bond donors (Lipinski definition) is 1. The lowest BCUT2D eigenvalue weighted by Gasteiger charge is -2.07. The van der Waals surface area contributed by atoms with Gasteiger partial charge in [0.2, 0.25) is 0 Å². The number of hydrogen-bond acceptors (Lipinski definition) is 4. The molecule has 1 rings (SSSR count). The summed E-state index contributed by atoms with van der Waals surface area (Å²) in [6.45, 7) is 2.10. The third-order valence-corrected chi connectivity index (χ3v) is 4.33. The first-order valence-corrected chi connectivity index (χ1v) is 7.79. The highest BCUT2D eigenvalue weighted by atomic mass is 32.2. The molecule has 0 aromatic carbocycles. The Morgan fingerprint density at radius 2 is 2.00 bits per heavy atom. The highest BCUT2D eigenvalue weighted by Crippen LogP contribution is 2.18. The van der Waals surface area contributed by atoms with Gasteiger partial charge in [-0.25, -0.2) is 8.42 Å². The number of thiophene rings is 1. The maximum atomic E-state index is 11.0. The van der Waals surface area contributed by atoms with Gasteiger partial charge in [0, 0.05) is 22.1 Å². The number of nitrogens with two attached hydrogens (primary N) is 1. The molecule has 3 nitrogen and oxygen atoms in total. The summed E-state index contributed by atoms with van der Waals surface area (Å²) in [5, 5.41) is 0. The molecule has 15 heavy (non-hydrogen) atoms. The molecule has 0 spiro atoms. The van der Waals surface area contributed by atoms with Crippen molar-refractivity contribution >= 4 is 21.2 Å². The highest BCUT2D eigenvalue weighted by molar-refractivity contribution is 7.90. The summed E-state index contributed by atoms with van der Waals surface area (Å²) >= 11 is 1.71. The molecule has 5 heteroatoms. The Labute approximate surface area is 95.2 Å². The third kappa shape index (κ3) is 4.77. The van der Waals surface area contributed by atoms with Crippen molar-refractivity contribution in [3.8, 4) is 0 Å². The standard InChI is InChI=1S/C10H17NO2S2/c1-3-9-4-5-10(14-9)6-8(11)7-15(2,12)13/h4-5,8H,3,6-7,11H2,1-2H3. The van der Waals surface area contributed by atoms with Crippen LogP contribution >= 0.6 is 11.3 Å². The van der Waals surface area contributed by atoms with Gasteiger partial charge in [-0.15, -0.1) is 11.3 Å². The zero-order chi connectivity index (χ0) is 11.5. The Bertz CT molecular complexity index is 409. The SMILES string of the molecule is CCc1ccc(CC(N)CS(C)(=O)=O)s1. The van der Waals surface area contributed by atoms with Crippen LogP contribution in [0.4, 0.5) is 0 Å². The molecule has 0 saturated carbocycles. The first-order chi connectivity index (χ1) is 6.90. The minimum atomic E-state index is -2.96. The molecule has 1 aromatic rings. The fourth-order valence-corrected chi connectivity index (χ4v) is 3.37. The topological polar surface area (TPSA) is 60.2 Å². The van der Waals surface area contributed by atoms with Gasteiger partial charge in [0.1, 0.15) is 9.84 Å². The molecule has 86 valence electrons. The van der Waals surface area contributed by atoms with E-state index in [0.29, 0.717) is 6.42 Å². The summed E-state index contributed by atoms with van der Waals surface area (Å²) in [6.07, 6.45) is 2.89. The predicted molar refractivity (Wildman–Crippen MR) is 65.1 cm³/mol. The largest absolute Gasteiger partial charge is 0.326 e. The van der Waals surface area contributed by atoms with E-state index in [0.717, 1.165) is 6.42 Å². The molecule has 1 heterocycles. The summed E-state index contributed by atoms with van der Waals surface area (Å²) in [7, 11) is -2.96. The van der Waals surface area contributed by atoms with Crippen LogP contribution in [-0.2, 0) is 22.7 Å². The molecule has 0 bridgehead atoms. The molecular weight excluding hydrogens is 230 g/mol. The first-order valence-electron chi connectivity index (χ1n) is 4.91. The Balaban J connectivity index is 2.54. The van der Waals surface area contributed by atoms with Gasteiger partial charge in [-0.1, -0.05) is 6.92 Å². The zero-order valence-electron chi connectivity index (χ0n) is 9.06. The van der Waals surface area contributed by atoms with E-state index in [2.05, 4.69) is 13.0 Å². The van der Waals surface area contributed by atoms with E-state index in [1.54, 1.807) is 11.3 Å². The van der Waals surface area contributed by atoms with E-state index in [-0.39, 0.29) is 11.8 Å². The monoisotopic (exact) mass is 247 g/mol. The first kappa shape index (κ1) is 12.7. The van der Waals surface area contributed by atoms with E-state index in [4.69, 9.17) is 5.73 Å². The Morgan fingerprint density at radius 1 is 1.40 bits per heavy atom. The van der Waals surface area contributed by atoms with Crippen molar-refractivity contribution in [1.82, 2.24) is 0 Å². The van der Waals surface area contributed by atoms with Gasteiger partial charge < -0.3 is 5.73 Å². The van der Waals surface area contributed by atoms with Crippen molar-refractivity contribution < 1.29 is 8.42 Å². The number of aryl methyl sites for hydroxylation is 1. The lowest BCUT2D eigenvalue weighted by atomic mass is 10.2. The van der Waals surface area contributed by atoms with Crippen LogP contribution in [0.1, 0.15) is 16.7 Å². The van der Waals surface area contributed by atoms with Crippen molar-refractivity contribution in [2.75, 3.05) is 12.0 Å². The van der Waals surface area contributed by atoms with Gasteiger partial charge in [0.15, 0.2) is 0 Å². The summed E-state index contributed by atoms with van der Waals surface area (Å²) in [4.78, 5) is 2.49. The van der Waals surface area contributed by atoms with E-state index in [9.17, 15) is 8.42 Å². The van der Waals surface area contributed by atoms with Crippen LogP contribution in [0.3, 0.4) is 0 Å². The Kier molecular flexibility index (Phi) is 4.31. The minimum Gasteiger partial charge on any atom is -0.326 e. The van der Waals surface area contributed by atoms with Gasteiger partial charge in [0.05, 0.1) is 5.75 Å². The average molecular weight is 247 g/mol. The highest BCUT2D eigenvalue weighted by Gasteiger charge is 2.12. The van der Waals surface area contributed by atoms with Crippen LogP contribution in [-0.4, -0.2) is 26.5 Å². The molecule has 0 radical (unpaired) electrons. The van der Waals surface area contributed by atoms with E-state index in [1.165, 1.54) is 16.0 Å². The fourth-order valence-electron chi connectivity index (χ4n) is 1.43. The van der Waals surface area contributed by atoms with Crippen LogP contribution in [0.5, 0.6) is 0 Å². The van der Waals surface area contributed by atoms with E-state index >= 15 is 0 Å². The summed E-state index contributed by atoms with van der Waals surface area (Å²) < 4.78 is 22.0. The van der Waals surface area contributed by atoms with Gasteiger partial charge in [0.25, 0.3) is 0 Å². The zero-order valence-corrected chi connectivity index (χ0v) is 10.7. The molecule has 0 amide bonds. The van der Waals surface area contributed by atoms with Gasteiger partial charge >= 0.3 is 0 Å². The smallest absolute Gasteiger partial charge is 0.148 e. The lowest BCUT2D eigenvalue weighted by Crippen LogP contribution is -2.30. The molecule has 0 fully saturated rings. The minimum absolute atomic E-state index is 0.0619. The van der Waals surface area contributed by atoms with Gasteiger partial charge in [-0.05, 0) is 25.0 Å². The third-order valence-electron chi connectivity index (χ3n) is 2.05. The molecule has 0 saturated heterocycles. The molecule has 1 atom stereocenters. The summed E-state index contributed by atoms with van der Waals surface area (Å²) in [5.74, 6) is 0.0619. The second-order valence-electron chi connectivity index (χ2n) is 3.78. The Hall–Kier alpha value is -0.390. The number of sulfone groups is 1. The normalized spacial score (nSPS) is 14.1. The molecule has 0 aliphatic rings. The fraction of sp³-hybridized carbons (Fsp3) is 0.600. The maximum Gasteiger partial charge on any atom is 0.148 e. The van der Waals surface area contributed by atoms with Crippen LogP contribution in [0, 0.1) is 0 Å². The van der Waals surface area contributed by atoms with Gasteiger partial charge in [-0.2, -0.15) is 0 Å². The predicted octanol–water partition coefficient (Wildman–Crippen LogP) is 1.22. The van der Waals surface area contributed by atoms with Crippen LogP contribution < -0.4 is 5.73 Å². The van der Waals surface area contributed by atoms with Crippen molar-refractivity contribution in [3.05, 3.63) is 21.9 Å². The van der Waals surface area contributed by atoms with Gasteiger partial charge in [-0.3, -0.25) is 0 Å². The van der Waals surface area contributed by atoms with E-state index < -0.39 is 9.84 Å². The van der Waals surface area contributed by atoms with Crippen molar-refractivity contribution in [1.29, 1.82) is 0 Å². The van der Waals surface area contributed by atoms with E-state index in [1.807, 2.05) is 6.07 Å². The molecule has 1 unspecified atom stereocenters.